The molecule has 2 aromatic rings. The molecule has 0 fully saturated rings. The molecule has 0 saturated carbocycles. The summed E-state index contributed by atoms with van der Waals surface area (Å²) in [6.45, 7) is 5.58. The summed E-state index contributed by atoms with van der Waals surface area (Å²) in [4.78, 5) is 4.22. The molecule has 0 aliphatic heterocycles. The third kappa shape index (κ3) is 4.26. The van der Waals surface area contributed by atoms with Gasteiger partial charge in [0, 0.05) is 5.38 Å². The summed E-state index contributed by atoms with van der Waals surface area (Å²) >= 11 is 13.0. The zero-order chi connectivity index (χ0) is 16.5. The van der Waals surface area contributed by atoms with Gasteiger partial charge < -0.3 is 0 Å². The molecule has 0 radical (unpaired) electrons. The molecule has 3 nitrogen and oxygen atoms in total. The molecule has 120 valence electrons. The smallest absolute Gasteiger partial charge is 0.183 e. The van der Waals surface area contributed by atoms with Crippen LogP contribution in [0.1, 0.15) is 38.1 Å². The second-order valence-electron chi connectivity index (χ2n) is 5.63. The van der Waals surface area contributed by atoms with E-state index in [-0.39, 0.29) is 5.02 Å². The van der Waals surface area contributed by atoms with Crippen LogP contribution in [0.2, 0.25) is 9.49 Å². The van der Waals surface area contributed by atoms with Crippen molar-refractivity contribution in [1.29, 1.82) is 0 Å². The van der Waals surface area contributed by atoms with Crippen molar-refractivity contribution in [2.24, 2.45) is 0 Å². The Balaban J connectivity index is 2.41. The molecule has 1 aromatic carbocycles. The molecule has 0 aliphatic rings. The molecule has 2 unspecified atom stereocenters. The molecule has 2 atom stereocenters. The molecule has 0 bridgehead atoms. The number of benzene rings is 1. The molecule has 22 heavy (non-hydrogen) atoms. The van der Waals surface area contributed by atoms with Gasteiger partial charge in [0.15, 0.2) is 4.47 Å². The molecular formula is C14H15Cl2FN2OS2. The van der Waals surface area contributed by atoms with Gasteiger partial charge in [-0.3, -0.25) is 0 Å². The Hall–Kier alpha value is -0.530. The number of aromatic nitrogens is 1. The first-order valence-corrected chi connectivity index (χ1v) is 9.21. The molecule has 2 rings (SSSR count). The minimum atomic E-state index is -1.34. The van der Waals surface area contributed by atoms with E-state index in [9.17, 15) is 8.60 Å². The molecule has 1 N–H and O–H groups in total. The van der Waals surface area contributed by atoms with E-state index in [4.69, 9.17) is 23.2 Å². The first-order valence-electron chi connectivity index (χ1n) is 6.42. The zero-order valence-electron chi connectivity index (χ0n) is 12.2. The minimum Gasteiger partial charge on any atom is -0.242 e. The van der Waals surface area contributed by atoms with Crippen LogP contribution in [0.4, 0.5) is 4.39 Å². The van der Waals surface area contributed by atoms with Crippen LogP contribution in [0.3, 0.4) is 0 Å². The lowest BCUT2D eigenvalue weighted by Gasteiger charge is -2.23. The lowest BCUT2D eigenvalue weighted by Crippen LogP contribution is -2.36. The lowest BCUT2D eigenvalue weighted by molar-refractivity contribution is 0.616. The van der Waals surface area contributed by atoms with Gasteiger partial charge in [-0.25, -0.2) is 18.3 Å². The molecule has 8 heteroatoms. The summed E-state index contributed by atoms with van der Waals surface area (Å²) in [5.41, 5.74) is 1.29. The van der Waals surface area contributed by atoms with E-state index in [1.165, 1.54) is 23.5 Å². The number of nitrogens with one attached hydrogen (secondary N) is 1. The second kappa shape index (κ2) is 6.93. The Morgan fingerprint density at radius 1 is 1.36 bits per heavy atom. The van der Waals surface area contributed by atoms with Crippen LogP contribution in [0.25, 0.3) is 0 Å². The minimum absolute atomic E-state index is 0.00664. The molecule has 1 heterocycles. The van der Waals surface area contributed by atoms with E-state index in [1.54, 1.807) is 11.4 Å². The predicted octanol–water partition coefficient (Wildman–Crippen LogP) is 4.73. The molecule has 0 spiro atoms. The quantitative estimate of drug-likeness (QED) is 0.832. The van der Waals surface area contributed by atoms with Crippen LogP contribution in [-0.2, 0) is 11.0 Å². The molecule has 0 amide bonds. The summed E-state index contributed by atoms with van der Waals surface area (Å²) in [6.07, 6.45) is 0. The first kappa shape index (κ1) is 17.8. The highest BCUT2D eigenvalue weighted by molar-refractivity contribution is 7.84. The van der Waals surface area contributed by atoms with Crippen molar-refractivity contribution in [1.82, 2.24) is 9.71 Å². The Kier molecular flexibility index (Phi) is 5.61. The predicted molar refractivity (Wildman–Crippen MR) is 91.4 cm³/mol. The van der Waals surface area contributed by atoms with Crippen LogP contribution in [0.15, 0.2) is 23.6 Å². The van der Waals surface area contributed by atoms with Crippen molar-refractivity contribution in [2.45, 2.75) is 31.6 Å². The highest BCUT2D eigenvalue weighted by Crippen LogP contribution is 2.29. The van der Waals surface area contributed by atoms with E-state index < -0.39 is 27.6 Å². The number of nitrogens with zero attached hydrogens (tertiary/aromatic N) is 1. The van der Waals surface area contributed by atoms with Crippen molar-refractivity contribution in [2.75, 3.05) is 0 Å². The Bertz CT molecular complexity index is 700. The van der Waals surface area contributed by atoms with Crippen LogP contribution in [0, 0.1) is 5.82 Å². The topological polar surface area (TPSA) is 42.0 Å². The van der Waals surface area contributed by atoms with Gasteiger partial charge in [-0.2, -0.15) is 0 Å². The standard InChI is InChI=1S/C14H15Cl2FN2OS2/c1-14(2,3)22(20)19-12(11-7-21-13(16)18-11)8-4-5-10(17)9(15)6-8/h4-7,12,19H,1-3H3. The molecule has 0 saturated heterocycles. The van der Waals surface area contributed by atoms with Gasteiger partial charge in [0.25, 0.3) is 0 Å². The lowest BCUT2D eigenvalue weighted by atomic mass is 10.1. The second-order valence-corrected chi connectivity index (χ2v) is 9.48. The van der Waals surface area contributed by atoms with Crippen LogP contribution in [-0.4, -0.2) is 13.9 Å². The summed E-state index contributed by atoms with van der Waals surface area (Å²) < 4.78 is 28.7. The van der Waals surface area contributed by atoms with E-state index in [2.05, 4.69) is 9.71 Å². The van der Waals surface area contributed by atoms with Crippen molar-refractivity contribution in [3.63, 3.8) is 0 Å². The summed E-state index contributed by atoms with van der Waals surface area (Å²) in [7, 11) is -1.34. The molecular weight excluding hydrogens is 366 g/mol. The number of rotatable bonds is 4. The number of halogens is 3. The van der Waals surface area contributed by atoms with E-state index >= 15 is 0 Å². The van der Waals surface area contributed by atoms with Crippen molar-refractivity contribution >= 4 is 45.5 Å². The van der Waals surface area contributed by atoms with Crippen molar-refractivity contribution < 1.29 is 8.60 Å². The normalized spacial score (nSPS) is 14.8. The Labute approximate surface area is 145 Å². The summed E-state index contributed by atoms with van der Waals surface area (Å²) in [5.74, 6) is -0.502. The highest BCUT2D eigenvalue weighted by Gasteiger charge is 2.26. The van der Waals surface area contributed by atoms with Gasteiger partial charge in [-0.1, -0.05) is 29.3 Å². The van der Waals surface area contributed by atoms with Gasteiger partial charge in [0.05, 0.1) is 32.5 Å². The van der Waals surface area contributed by atoms with Gasteiger partial charge in [0.2, 0.25) is 0 Å². The number of hydrogen-bond acceptors (Lipinski definition) is 3. The third-order valence-corrected chi connectivity index (χ3v) is 5.70. The van der Waals surface area contributed by atoms with Crippen LogP contribution >= 0.6 is 34.5 Å². The Morgan fingerprint density at radius 3 is 2.55 bits per heavy atom. The largest absolute Gasteiger partial charge is 0.242 e. The SMILES string of the molecule is CC(C)(C)S(=O)NC(c1ccc(F)c(Cl)c1)c1csc(Cl)n1. The summed E-state index contributed by atoms with van der Waals surface area (Å²) in [5, 5.41) is 1.78. The van der Waals surface area contributed by atoms with Gasteiger partial charge >= 0.3 is 0 Å². The van der Waals surface area contributed by atoms with E-state index in [0.29, 0.717) is 15.7 Å². The zero-order valence-corrected chi connectivity index (χ0v) is 15.3. The Morgan fingerprint density at radius 2 is 2.05 bits per heavy atom. The average molecular weight is 381 g/mol. The maximum absolute atomic E-state index is 13.4. The molecule has 1 aromatic heterocycles. The summed E-state index contributed by atoms with van der Waals surface area (Å²) in [6, 6.07) is 3.88. The fourth-order valence-electron chi connectivity index (χ4n) is 1.67. The van der Waals surface area contributed by atoms with Crippen molar-refractivity contribution in [3.05, 3.63) is 50.1 Å². The number of hydrogen-bond donors (Lipinski definition) is 1. The fraction of sp³-hybridized carbons (Fsp3) is 0.357. The van der Waals surface area contributed by atoms with E-state index in [1.807, 2.05) is 20.8 Å². The average Bonchev–Trinajstić information content (AvgIpc) is 2.84. The van der Waals surface area contributed by atoms with Crippen LogP contribution in [0.5, 0.6) is 0 Å². The first-order chi connectivity index (χ1) is 10.2. The maximum atomic E-state index is 13.4. The van der Waals surface area contributed by atoms with Gasteiger partial charge in [0.1, 0.15) is 5.82 Å². The third-order valence-electron chi connectivity index (χ3n) is 2.85. The van der Waals surface area contributed by atoms with E-state index in [0.717, 1.165) is 0 Å². The molecule has 0 aliphatic carbocycles. The van der Waals surface area contributed by atoms with Gasteiger partial charge in [-0.05, 0) is 38.5 Å². The fourth-order valence-corrected chi connectivity index (χ4v) is 3.48. The van der Waals surface area contributed by atoms with Crippen molar-refractivity contribution in [3.8, 4) is 0 Å². The highest BCUT2D eigenvalue weighted by atomic mass is 35.5. The monoisotopic (exact) mass is 380 g/mol. The number of thiazole rings is 1. The van der Waals surface area contributed by atoms with Crippen LogP contribution < -0.4 is 4.72 Å². The maximum Gasteiger partial charge on any atom is 0.183 e. The van der Waals surface area contributed by atoms with Gasteiger partial charge in [-0.15, -0.1) is 11.3 Å².